The van der Waals surface area contributed by atoms with Gasteiger partial charge in [0.15, 0.2) is 0 Å². The molecular weight excluding hydrogens is 286 g/mol. The Morgan fingerprint density at radius 2 is 2.29 bits per heavy atom. The second-order valence-electron chi connectivity index (χ2n) is 5.73. The molecule has 2 atom stereocenters. The van der Waals surface area contributed by atoms with Crippen LogP contribution >= 0.6 is 11.6 Å². The third-order valence-corrected chi connectivity index (χ3v) is 4.45. The van der Waals surface area contributed by atoms with E-state index in [-0.39, 0.29) is 0 Å². The van der Waals surface area contributed by atoms with Crippen molar-refractivity contribution in [1.29, 1.82) is 0 Å². The summed E-state index contributed by atoms with van der Waals surface area (Å²) in [5.41, 5.74) is 8.00. The normalized spacial score (nSPS) is 22.8. The number of hydrogen-bond acceptors (Lipinski definition) is 4. The Kier molecular flexibility index (Phi) is 4.24. The average Bonchev–Trinajstić information content (AvgIpc) is 3.11. The molecule has 0 spiro atoms. The van der Waals surface area contributed by atoms with E-state index < -0.39 is 0 Å². The fourth-order valence-corrected chi connectivity index (χ4v) is 3.21. The minimum Gasteiger partial charge on any atom is -0.330 e. The van der Waals surface area contributed by atoms with Crippen LogP contribution in [0, 0.1) is 5.92 Å². The molecule has 2 heterocycles. The second kappa shape index (κ2) is 6.13. The summed E-state index contributed by atoms with van der Waals surface area (Å²) in [5.74, 6) is 0.599. The fourth-order valence-electron chi connectivity index (χ4n) is 3.04. The van der Waals surface area contributed by atoms with E-state index in [1.54, 1.807) is 11.0 Å². The van der Waals surface area contributed by atoms with Crippen LogP contribution in [0.25, 0.3) is 5.69 Å². The molecule has 2 N–H and O–H groups in total. The maximum absolute atomic E-state index is 6.13. The molecule has 0 bridgehead atoms. The highest BCUT2D eigenvalue weighted by Crippen LogP contribution is 2.27. The molecule has 21 heavy (non-hydrogen) atoms. The Labute approximate surface area is 129 Å². The Bertz CT molecular complexity index is 598. The number of aromatic nitrogens is 3. The van der Waals surface area contributed by atoms with Crippen LogP contribution in [0.5, 0.6) is 0 Å². The molecule has 0 radical (unpaired) electrons. The summed E-state index contributed by atoms with van der Waals surface area (Å²) < 4.78 is 1.77. The van der Waals surface area contributed by atoms with Gasteiger partial charge in [-0.25, -0.2) is 9.67 Å². The van der Waals surface area contributed by atoms with Gasteiger partial charge in [0.25, 0.3) is 0 Å². The molecule has 1 aliphatic rings. The molecule has 1 aromatic heterocycles. The molecule has 0 amide bonds. The molecule has 1 aliphatic heterocycles. The first kappa shape index (κ1) is 14.5. The monoisotopic (exact) mass is 305 g/mol. The summed E-state index contributed by atoms with van der Waals surface area (Å²) in [5, 5.41) is 4.93. The van der Waals surface area contributed by atoms with Crippen molar-refractivity contribution in [2.24, 2.45) is 11.7 Å². The van der Waals surface area contributed by atoms with Crippen molar-refractivity contribution in [3.05, 3.63) is 41.4 Å². The maximum atomic E-state index is 6.13. The summed E-state index contributed by atoms with van der Waals surface area (Å²) in [4.78, 5) is 6.49. The standard InChI is InChI=1S/C15H20ClN5/c1-11-4-12(6-17)7-20(11)8-13-2-3-14(16)5-15(13)21-10-18-9-19-21/h2-3,5,9-12H,4,6-8,17H2,1H3. The second-order valence-corrected chi connectivity index (χ2v) is 6.17. The van der Waals surface area contributed by atoms with Gasteiger partial charge in [0.2, 0.25) is 0 Å². The number of rotatable bonds is 4. The average molecular weight is 306 g/mol. The summed E-state index contributed by atoms with van der Waals surface area (Å²) in [6.07, 6.45) is 4.40. The lowest BCUT2D eigenvalue weighted by Crippen LogP contribution is -2.28. The van der Waals surface area contributed by atoms with E-state index >= 15 is 0 Å². The van der Waals surface area contributed by atoms with Crippen LogP contribution in [0.1, 0.15) is 18.9 Å². The minimum absolute atomic E-state index is 0.554. The van der Waals surface area contributed by atoms with E-state index in [0.717, 1.165) is 25.3 Å². The third-order valence-electron chi connectivity index (χ3n) is 4.21. The zero-order valence-electron chi connectivity index (χ0n) is 12.1. The van der Waals surface area contributed by atoms with Crippen LogP contribution < -0.4 is 5.73 Å². The van der Waals surface area contributed by atoms with Gasteiger partial charge in [0.05, 0.1) is 5.69 Å². The SMILES string of the molecule is CC1CC(CN)CN1Cc1ccc(Cl)cc1-n1cncn1. The number of nitrogens with two attached hydrogens (primary N) is 1. The predicted octanol–water partition coefficient (Wildman–Crippen LogP) is 2.09. The summed E-state index contributed by atoms with van der Waals surface area (Å²) in [6, 6.07) is 6.49. The van der Waals surface area contributed by atoms with Crippen molar-refractivity contribution in [3.8, 4) is 5.69 Å². The van der Waals surface area contributed by atoms with E-state index in [1.165, 1.54) is 18.3 Å². The molecule has 2 unspecified atom stereocenters. The van der Waals surface area contributed by atoms with Crippen molar-refractivity contribution < 1.29 is 0 Å². The number of nitrogens with zero attached hydrogens (tertiary/aromatic N) is 4. The van der Waals surface area contributed by atoms with Crippen molar-refractivity contribution in [1.82, 2.24) is 19.7 Å². The van der Waals surface area contributed by atoms with E-state index in [2.05, 4.69) is 28.0 Å². The number of hydrogen-bond donors (Lipinski definition) is 1. The van der Waals surface area contributed by atoms with Crippen molar-refractivity contribution >= 4 is 11.6 Å². The number of likely N-dealkylation sites (tertiary alicyclic amines) is 1. The zero-order chi connectivity index (χ0) is 14.8. The van der Waals surface area contributed by atoms with E-state index in [0.29, 0.717) is 17.0 Å². The predicted molar refractivity (Wildman–Crippen MR) is 83.4 cm³/mol. The molecule has 3 rings (SSSR count). The molecule has 0 saturated carbocycles. The lowest BCUT2D eigenvalue weighted by molar-refractivity contribution is 0.255. The molecule has 6 heteroatoms. The van der Waals surface area contributed by atoms with Crippen molar-refractivity contribution in [2.75, 3.05) is 13.1 Å². The lowest BCUT2D eigenvalue weighted by Gasteiger charge is -2.22. The van der Waals surface area contributed by atoms with Gasteiger partial charge in [-0.2, -0.15) is 5.10 Å². The fraction of sp³-hybridized carbons (Fsp3) is 0.467. The van der Waals surface area contributed by atoms with E-state index in [4.69, 9.17) is 17.3 Å². The van der Waals surface area contributed by atoms with Crippen molar-refractivity contribution in [2.45, 2.75) is 25.9 Å². The molecule has 112 valence electrons. The van der Waals surface area contributed by atoms with E-state index in [1.807, 2.05) is 12.1 Å². The highest BCUT2D eigenvalue weighted by Gasteiger charge is 2.28. The molecule has 5 nitrogen and oxygen atoms in total. The molecular formula is C15H20ClN5. The van der Waals surface area contributed by atoms with Gasteiger partial charge in [-0.05, 0) is 43.5 Å². The van der Waals surface area contributed by atoms with Gasteiger partial charge >= 0.3 is 0 Å². The van der Waals surface area contributed by atoms with Gasteiger partial charge in [0, 0.05) is 24.2 Å². The quantitative estimate of drug-likeness (QED) is 0.939. The van der Waals surface area contributed by atoms with Crippen LogP contribution in [-0.4, -0.2) is 38.8 Å². The Balaban J connectivity index is 1.86. The third kappa shape index (κ3) is 3.10. The lowest BCUT2D eigenvalue weighted by atomic mass is 10.1. The maximum Gasteiger partial charge on any atom is 0.138 e. The number of halogens is 1. The summed E-state index contributed by atoms with van der Waals surface area (Å²) in [6.45, 7) is 4.96. The topological polar surface area (TPSA) is 60.0 Å². The number of benzene rings is 1. The summed E-state index contributed by atoms with van der Waals surface area (Å²) >= 11 is 6.13. The first-order chi connectivity index (χ1) is 10.2. The van der Waals surface area contributed by atoms with Crippen LogP contribution in [0.15, 0.2) is 30.9 Å². The molecule has 1 fully saturated rings. The smallest absolute Gasteiger partial charge is 0.138 e. The Morgan fingerprint density at radius 3 is 2.95 bits per heavy atom. The molecule has 1 aromatic carbocycles. The molecule has 1 saturated heterocycles. The van der Waals surface area contributed by atoms with Crippen LogP contribution in [0.4, 0.5) is 0 Å². The molecule has 2 aromatic rings. The van der Waals surface area contributed by atoms with Crippen LogP contribution in [0.3, 0.4) is 0 Å². The first-order valence-electron chi connectivity index (χ1n) is 7.25. The minimum atomic E-state index is 0.554. The van der Waals surface area contributed by atoms with Crippen LogP contribution in [-0.2, 0) is 6.54 Å². The van der Waals surface area contributed by atoms with Crippen LogP contribution in [0.2, 0.25) is 5.02 Å². The van der Waals surface area contributed by atoms with Gasteiger partial charge < -0.3 is 5.73 Å². The zero-order valence-corrected chi connectivity index (χ0v) is 12.9. The highest BCUT2D eigenvalue weighted by atomic mass is 35.5. The van der Waals surface area contributed by atoms with Gasteiger partial charge in [0.1, 0.15) is 12.7 Å². The Morgan fingerprint density at radius 1 is 1.43 bits per heavy atom. The van der Waals surface area contributed by atoms with Gasteiger partial charge in [-0.3, -0.25) is 4.90 Å². The Hall–Kier alpha value is -1.43. The largest absolute Gasteiger partial charge is 0.330 e. The summed E-state index contributed by atoms with van der Waals surface area (Å²) in [7, 11) is 0. The van der Waals surface area contributed by atoms with E-state index in [9.17, 15) is 0 Å². The van der Waals surface area contributed by atoms with Crippen molar-refractivity contribution in [3.63, 3.8) is 0 Å². The highest BCUT2D eigenvalue weighted by molar-refractivity contribution is 6.30. The molecule has 0 aliphatic carbocycles. The first-order valence-corrected chi connectivity index (χ1v) is 7.62. The van der Waals surface area contributed by atoms with Gasteiger partial charge in [-0.1, -0.05) is 17.7 Å². The van der Waals surface area contributed by atoms with Gasteiger partial charge in [-0.15, -0.1) is 0 Å².